The number of hydrogen-bond acceptors (Lipinski definition) is 1. The first-order valence-electron chi connectivity index (χ1n) is 3.76. The Hall–Kier alpha value is -0.750. The summed E-state index contributed by atoms with van der Waals surface area (Å²) in [4.78, 5) is 3.52. The number of aliphatic imine (C=N–C) groups is 1. The van der Waals surface area contributed by atoms with E-state index in [-0.39, 0.29) is 5.82 Å². The lowest BCUT2D eigenvalue weighted by Gasteiger charge is -1.97. The van der Waals surface area contributed by atoms with Crippen molar-refractivity contribution >= 4 is 26.9 Å². The highest BCUT2D eigenvalue weighted by Gasteiger charge is 2.00. The SMILES string of the molecule is C=Nc1c(F)cccc1P.CC. The van der Waals surface area contributed by atoms with E-state index < -0.39 is 0 Å². The first-order valence-corrected chi connectivity index (χ1v) is 4.34. The minimum absolute atomic E-state index is 0.313. The van der Waals surface area contributed by atoms with Gasteiger partial charge in [-0.2, -0.15) is 0 Å². The fourth-order valence-corrected chi connectivity index (χ4v) is 1.04. The highest BCUT2D eigenvalue weighted by Crippen LogP contribution is 2.15. The molecule has 0 aromatic heterocycles. The maximum atomic E-state index is 12.7. The summed E-state index contributed by atoms with van der Waals surface area (Å²) < 4.78 is 12.7. The fourth-order valence-electron chi connectivity index (χ4n) is 0.699. The molecule has 1 nitrogen and oxygen atoms in total. The topological polar surface area (TPSA) is 12.4 Å². The third kappa shape index (κ3) is 2.71. The molecule has 1 aromatic carbocycles. The predicted molar refractivity (Wildman–Crippen MR) is 56.3 cm³/mol. The lowest BCUT2D eigenvalue weighted by Crippen LogP contribution is -1.92. The molecular weight excluding hydrogens is 172 g/mol. The van der Waals surface area contributed by atoms with Gasteiger partial charge in [-0.15, -0.1) is 9.24 Å². The van der Waals surface area contributed by atoms with E-state index in [0.717, 1.165) is 5.30 Å². The van der Waals surface area contributed by atoms with Gasteiger partial charge in [0.1, 0.15) is 11.5 Å². The first-order chi connectivity index (χ1) is 5.75. The predicted octanol–water partition coefficient (Wildman–Crippen LogP) is 2.68. The largest absolute Gasteiger partial charge is 0.261 e. The van der Waals surface area contributed by atoms with E-state index in [0.29, 0.717) is 5.69 Å². The number of hydrogen-bond donors (Lipinski definition) is 0. The summed E-state index contributed by atoms with van der Waals surface area (Å²) >= 11 is 0. The van der Waals surface area contributed by atoms with Gasteiger partial charge in [0, 0.05) is 0 Å². The van der Waals surface area contributed by atoms with Gasteiger partial charge in [-0.1, -0.05) is 26.0 Å². The first kappa shape index (κ1) is 11.2. The van der Waals surface area contributed by atoms with Gasteiger partial charge >= 0.3 is 0 Å². The number of para-hydroxylation sites is 1. The summed E-state index contributed by atoms with van der Waals surface area (Å²) in [5.41, 5.74) is 0.313. The quantitative estimate of drug-likeness (QED) is 0.471. The molecule has 1 unspecified atom stereocenters. The smallest absolute Gasteiger partial charge is 0.149 e. The van der Waals surface area contributed by atoms with Crippen molar-refractivity contribution in [3.05, 3.63) is 24.0 Å². The van der Waals surface area contributed by atoms with E-state index in [1.54, 1.807) is 12.1 Å². The van der Waals surface area contributed by atoms with Gasteiger partial charge in [0.2, 0.25) is 0 Å². The molecule has 0 heterocycles. The zero-order chi connectivity index (χ0) is 9.56. The number of halogens is 1. The van der Waals surface area contributed by atoms with Gasteiger partial charge in [-0.3, -0.25) is 4.99 Å². The van der Waals surface area contributed by atoms with Gasteiger partial charge in [0.25, 0.3) is 0 Å². The summed E-state index contributed by atoms with van der Waals surface area (Å²) in [6.07, 6.45) is 0. The Labute approximate surface area is 74.9 Å². The number of nitrogens with zero attached hydrogens (tertiary/aromatic N) is 1. The van der Waals surface area contributed by atoms with Gasteiger partial charge in [-0.25, -0.2) is 4.39 Å². The van der Waals surface area contributed by atoms with Crippen LogP contribution in [0.25, 0.3) is 0 Å². The molecule has 0 saturated heterocycles. The molecule has 0 spiro atoms. The monoisotopic (exact) mass is 185 g/mol. The maximum absolute atomic E-state index is 12.7. The van der Waals surface area contributed by atoms with Crippen LogP contribution in [0.3, 0.4) is 0 Å². The molecule has 1 rings (SSSR count). The zero-order valence-electron chi connectivity index (χ0n) is 7.34. The van der Waals surface area contributed by atoms with Crippen molar-refractivity contribution in [2.24, 2.45) is 4.99 Å². The normalized spacial score (nSPS) is 8.33. The Kier molecular flexibility index (Phi) is 5.48. The van der Waals surface area contributed by atoms with Crippen molar-refractivity contribution in [1.82, 2.24) is 0 Å². The Morgan fingerprint density at radius 1 is 1.42 bits per heavy atom. The Balaban J connectivity index is 0.000000561. The standard InChI is InChI=1S/C7H7FNP.C2H6/c1-9-7-5(8)3-2-4-6(7)10;1-2/h2-4H,1,10H2;1-2H3. The van der Waals surface area contributed by atoms with Gasteiger partial charge in [-0.05, 0) is 18.1 Å². The van der Waals surface area contributed by atoms with Crippen LogP contribution in [0, 0.1) is 5.82 Å². The van der Waals surface area contributed by atoms with Crippen molar-refractivity contribution in [1.29, 1.82) is 0 Å². The molecule has 0 N–H and O–H groups in total. The van der Waals surface area contributed by atoms with Crippen LogP contribution in [0.2, 0.25) is 0 Å². The molecule has 0 aliphatic carbocycles. The Morgan fingerprint density at radius 3 is 2.33 bits per heavy atom. The van der Waals surface area contributed by atoms with Gasteiger partial charge in [0.05, 0.1) is 0 Å². The molecule has 0 radical (unpaired) electrons. The van der Waals surface area contributed by atoms with Crippen molar-refractivity contribution in [3.63, 3.8) is 0 Å². The Bertz CT molecular complexity index is 240. The Morgan fingerprint density at radius 2 is 2.00 bits per heavy atom. The van der Waals surface area contributed by atoms with Crippen molar-refractivity contribution in [2.45, 2.75) is 13.8 Å². The molecule has 12 heavy (non-hydrogen) atoms. The maximum Gasteiger partial charge on any atom is 0.149 e. The van der Waals surface area contributed by atoms with Crippen LogP contribution in [-0.4, -0.2) is 6.72 Å². The highest BCUT2D eigenvalue weighted by molar-refractivity contribution is 7.28. The minimum atomic E-state index is -0.331. The average Bonchev–Trinajstić information content (AvgIpc) is 2.08. The third-order valence-corrected chi connectivity index (χ3v) is 1.64. The molecule has 0 aliphatic heterocycles. The molecule has 1 atom stereocenters. The summed E-state index contributed by atoms with van der Waals surface area (Å²) in [6, 6.07) is 4.75. The summed E-state index contributed by atoms with van der Waals surface area (Å²) in [5, 5.41) is 0.731. The second-order valence-corrected chi connectivity index (χ2v) is 2.46. The highest BCUT2D eigenvalue weighted by atomic mass is 31.0. The number of benzene rings is 1. The van der Waals surface area contributed by atoms with Crippen LogP contribution in [0.15, 0.2) is 23.2 Å². The molecule has 0 fully saturated rings. The van der Waals surface area contributed by atoms with Crippen LogP contribution >= 0.6 is 9.24 Å². The molecule has 0 aliphatic rings. The van der Waals surface area contributed by atoms with Crippen molar-refractivity contribution in [2.75, 3.05) is 0 Å². The molecule has 1 aromatic rings. The van der Waals surface area contributed by atoms with Crippen LogP contribution in [0.5, 0.6) is 0 Å². The van der Waals surface area contributed by atoms with E-state index in [1.165, 1.54) is 6.07 Å². The molecule has 0 bridgehead atoms. The zero-order valence-corrected chi connectivity index (χ0v) is 8.50. The van der Waals surface area contributed by atoms with Crippen LogP contribution < -0.4 is 5.30 Å². The van der Waals surface area contributed by atoms with Crippen LogP contribution in [0.4, 0.5) is 10.1 Å². The van der Waals surface area contributed by atoms with E-state index in [1.807, 2.05) is 13.8 Å². The molecule has 0 saturated carbocycles. The fraction of sp³-hybridized carbons (Fsp3) is 0.222. The van der Waals surface area contributed by atoms with Gasteiger partial charge in [0.15, 0.2) is 0 Å². The van der Waals surface area contributed by atoms with E-state index >= 15 is 0 Å². The molecular formula is C9H13FNP. The second kappa shape index (κ2) is 5.84. The van der Waals surface area contributed by atoms with Crippen LogP contribution in [0.1, 0.15) is 13.8 Å². The van der Waals surface area contributed by atoms with E-state index in [9.17, 15) is 4.39 Å². The average molecular weight is 185 g/mol. The minimum Gasteiger partial charge on any atom is -0.261 e. The summed E-state index contributed by atoms with van der Waals surface area (Å²) in [6.45, 7) is 7.25. The lowest BCUT2D eigenvalue weighted by atomic mass is 10.3. The van der Waals surface area contributed by atoms with Crippen molar-refractivity contribution in [3.8, 4) is 0 Å². The molecule has 66 valence electrons. The second-order valence-electron chi connectivity index (χ2n) is 1.84. The van der Waals surface area contributed by atoms with Gasteiger partial charge < -0.3 is 0 Å². The van der Waals surface area contributed by atoms with Crippen molar-refractivity contribution < 1.29 is 4.39 Å². The third-order valence-electron chi connectivity index (χ3n) is 1.18. The molecule has 3 heteroatoms. The molecule has 0 amide bonds. The number of rotatable bonds is 1. The summed E-state index contributed by atoms with van der Waals surface area (Å²) in [5.74, 6) is -0.331. The lowest BCUT2D eigenvalue weighted by molar-refractivity contribution is 0.631. The van der Waals surface area contributed by atoms with E-state index in [4.69, 9.17) is 0 Å². The van der Waals surface area contributed by atoms with E-state index in [2.05, 4.69) is 20.9 Å². The van der Waals surface area contributed by atoms with Crippen LogP contribution in [-0.2, 0) is 0 Å². The summed E-state index contributed by atoms with van der Waals surface area (Å²) in [7, 11) is 2.39.